The Hall–Kier alpha value is -0.870. The van der Waals surface area contributed by atoms with E-state index in [0.29, 0.717) is 12.0 Å². The van der Waals surface area contributed by atoms with Crippen molar-refractivity contribution in [1.29, 1.82) is 0 Å². The first kappa shape index (κ1) is 11.2. The van der Waals surface area contributed by atoms with Crippen molar-refractivity contribution in [3.8, 4) is 0 Å². The molecule has 0 saturated carbocycles. The maximum absolute atomic E-state index is 9.41. The van der Waals surface area contributed by atoms with Gasteiger partial charge < -0.3 is 9.67 Å². The molecular weight excluding hydrogens is 214 g/mol. The van der Waals surface area contributed by atoms with E-state index in [9.17, 15) is 5.11 Å². The Morgan fingerprint density at radius 3 is 2.88 bits per heavy atom. The lowest BCUT2D eigenvalue weighted by Crippen LogP contribution is -2.24. The molecule has 2 aliphatic heterocycles. The van der Waals surface area contributed by atoms with Crippen LogP contribution in [0.3, 0.4) is 0 Å². The first-order chi connectivity index (χ1) is 8.31. The van der Waals surface area contributed by atoms with Gasteiger partial charge in [-0.1, -0.05) is 0 Å². The molecule has 0 aliphatic carbocycles. The fraction of sp³-hybridized carbons (Fsp3) is 0.769. The minimum Gasteiger partial charge on any atom is -0.396 e. The van der Waals surface area contributed by atoms with E-state index in [-0.39, 0.29) is 6.61 Å². The van der Waals surface area contributed by atoms with Crippen molar-refractivity contribution >= 4 is 0 Å². The zero-order valence-electron chi connectivity index (χ0n) is 10.5. The van der Waals surface area contributed by atoms with Crippen LogP contribution in [0.5, 0.6) is 0 Å². The first-order valence-electron chi connectivity index (χ1n) is 6.67. The van der Waals surface area contributed by atoms with Gasteiger partial charge in [0.15, 0.2) is 0 Å². The molecule has 3 rings (SSSR count). The average molecular weight is 235 g/mol. The third kappa shape index (κ3) is 1.79. The monoisotopic (exact) mass is 235 g/mol. The van der Waals surface area contributed by atoms with Gasteiger partial charge in [0.25, 0.3) is 0 Å². The second kappa shape index (κ2) is 4.42. The molecule has 4 nitrogen and oxygen atoms in total. The van der Waals surface area contributed by atoms with E-state index in [0.717, 1.165) is 19.4 Å². The Kier molecular flexibility index (Phi) is 2.92. The van der Waals surface area contributed by atoms with E-state index in [1.54, 1.807) is 0 Å². The summed E-state index contributed by atoms with van der Waals surface area (Å²) in [7, 11) is 2.19. The maximum atomic E-state index is 9.41. The lowest BCUT2D eigenvalue weighted by atomic mass is 9.97. The Bertz CT molecular complexity index is 401. The van der Waals surface area contributed by atoms with Crippen LogP contribution < -0.4 is 0 Å². The molecule has 2 aliphatic rings. The van der Waals surface area contributed by atoms with Crippen molar-refractivity contribution in [3.05, 3.63) is 17.7 Å². The summed E-state index contributed by atoms with van der Waals surface area (Å²) in [4.78, 5) is 7.04. The molecule has 1 N–H and O–H groups in total. The standard InChI is InChI=1S/C13H21N3O/c1-15-6-3-5-11(15)13-14-8-12-10(9-17)4-2-7-16(12)13/h8,10-11,17H,2-7,9H2,1H3. The highest BCUT2D eigenvalue weighted by Gasteiger charge is 2.30. The summed E-state index contributed by atoms with van der Waals surface area (Å²) in [6, 6.07) is 0.487. The molecule has 0 bridgehead atoms. The van der Waals surface area contributed by atoms with Crippen LogP contribution in [-0.2, 0) is 6.54 Å². The minimum atomic E-state index is 0.256. The predicted octanol–water partition coefficient (Wildman–Crippen LogP) is 1.52. The molecule has 1 saturated heterocycles. The summed E-state index contributed by atoms with van der Waals surface area (Å²) in [6.07, 6.45) is 6.74. The molecule has 2 atom stereocenters. The van der Waals surface area contributed by atoms with Crippen LogP contribution in [0.2, 0.25) is 0 Å². The number of hydrogen-bond acceptors (Lipinski definition) is 3. The number of aliphatic hydroxyl groups is 1. The average Bonchev–Trinajstić information content (AvgIpc) is 2.94. The summed E-state index contributed by atoms with van der Waals surface area (Å²) in [5, 5.41) is 9.41. The number of imidazole rings is 1. The third-order valence-electron chi connectivity index (χ3n) is 4.31. The summed E-state index contributed by atoms with van der Waals surface area (Å²) in [6.45, 7) is 2.51. The van der Waals surface area contributed by atoms with Crippen molar-refractivity contribution in [3.63, 3.8) is 0 Å². The van der Waals surface area contributed by atoms with E-state index >= 15 is 0 Å². The number of aromatic nitrogens is 2. The fourth-order valence-electron chi connectivity index (χ4n) is 3.30. The predicted molar refractivity (Wildman–Crippen MR) is 65.9 cm³/mol. The van der Waals surface area contributed by atoms with Crippen LogP contribution in [0.25, 0.3) is 0 Å². The molecule has 1 aromatic rings. The van der Waals surface area contributed by atoms with Crippen LogP contribution in [0.15, 0.2) is 6.20 Å². The smallest absolute Gasteiger partial charge is 0.126 e. The van der Waals surface area contributed by atoms with Gasteiger partial charge in [-0.3, -0.25) is 4.90 Å². The van der Waals surface area contributed by atoms with Gasteiger partial charge in [0, 0.05) is 24.4 Å². The first-order valence-corrected chi connectivity index (χ1v) is 6.67. The summed E-state index contributed by atoms with van der Waals surface area (Å²) < 4.78 is 2.36. The molecule has 1 aromatic heterocycles. The van der Waals surface area contributed by atoms with Crippen LogP contribution in [-0.4, -0.2) is 39.8 Å². The normalized spacial score (nSPS) is 29.5. The quantitative estimate of drug-likeness (QED) is 0.845. The number of aliphatic hydroxyl groups excluding tert-OH is 1. The molecule has 0 radical (unpaired) electrons. The number of nitrogens with zero attached hydrogens (tertiary/aromatic N) is 3. The minimum absolute atomic E-state index is 0.256. The lowest BCUT2D eigenvalue weighted by molar-refractivity contribution is 0.236. The van der Waals surface area contributed by atoms with Gasteiger partial charge >= 0.3 is 0 Å². The number of fused-ring (bicyclic) bond motifs is 1. The molecule has 2 unspecified atom stereocenters. The van der Waals surface area contributed by atoms with Gasteiger partial charge in [-0.15, -0.1) is 0 Å². The zero-order chi connectivity index (χ0) is 11.8. The number of likely N-dealkylation sites (tertiary alicyclic amines) is 1. The third-order valence-corrected chi connectivity index (χ3v) is 4.31. The van der Waals surface area contributed by atoms with Gasteiger partial charge in [-0.05, 0) is 39.3 Å². The number of hydrogen-bond donors (Lipinski definition) is 1. The highest BCUT2D eigenvalue weighted by Crippen LogP contribution is 2.34. The van der Waals surface area contributed by atoms with Crippen molar-refractivity contribution < 1.29 is 5.11 Å². The van der Waals surface area contributed by atoms with Crippen LogP contribution in [0.1, 0.15) is 49.2 Å². The summed E-state index contributed by atoms with van der Waals surface area (Å²) in [5.41, 5.74) is 1.24. The lowest BCUT2D eigenvalue weighted by Gasteiger charge is -2.26. The van der Waals surface area contributed by atoms with Crippen LogP contribution >= 0.6 is 0 Å². The second-order valence-electron chi connectivity index (χ2n) is 5.35. The van der Waals surface area contributed by atoms with Gasteiger partial charge in [0.2, 0.25) is 0 Å². The summed E-state index contributed by atoms with van der Waals surface area (Å²) >= 11 is 0. The SMILES string of the molecule is CN1CCCC1c1ncc2n1CCCC2CO. The second-order valence-corrected chi connectivity index (χ2v) is 5.35. The molecule has 17 heavy (non-hydrogen) atoms. The Labute approximate surface area is 102 Å². The molecule has 1 fully saturated rings. The molecule has 94 valence electrons. The highest BCUT2D eigenvalue weighted by molar-refractivity contribution is 5.16. The van der Waals surface area contributed by atoms with E-state index < -0.39 is 0 Å². The van der Waals surface area contributed by atoms with E-state index in [1.165, 1.54) is 30.9 Å². The highest BCUT2D eigenvalue weighted by atomic mass is 16.3. The molecule has 0 spiro atoms. The van der Waals surface area contributed by atoms with E-state index in [1.807, 2.05) is 6.20 Å². The molecule has 4 heteroatoms. The molecule has 0 aromatic carbocycles. The largest absolute Gasteiger partial charge is 0.396 e. The van der Waals surface area contributed by atoms with Gasteiger partial charge in [-0.25, -0.2) is 4.98 Å². The van der Waals surface area contributed by atoms with Crippen LogP contribution in [0.4, 0.5) is 0 Å². The topological polar surface area (TPSA) is 41.3 Å². The fourth-order valence-corrected chi connectivity index (χ4v) is 3.30. The van der Waals surface area contributed by atoms with E-state index in [2.05, 4.69) is 21.5 Å². The maximum Gasteiger partial charge on any atom is 0.126 e. The van der Waals surface area contributed by atoms with Crippen molar-refractivity contribution in [2.24, 2.45) is 0 Å². The summed E-state index contributed by atoms with van der Waals surface area (Å²) in [5.74, 6) is 1.52. The van der Waals surface area contributed by atoms with Crippen molar-refractivity contribution in [2.45, 2.75) is 44.2 Å². The Morgan fingerprint density at radius 1 is 1.35 bits per heavy atom. The van der Waals surface area contributed by atoms with Crippen molar-refractivity contribution in [1.82, 2.24) is 14.5 Å². The Morgan fingerprint density at radius 2 is 2.18 bits per heavy atom. The molecule has 3 heterocycles. The zero-order valence-corrected chi connectivity index (χ0v) is 10.5. The Balaban J connectivity index is 1.94. The van der Waals surface area contributed by atoms with Gasteiger partial charge in [-0.2, -0.15) is 0 Å². The van der Waals surface area contributed by atoms with Gasteiger partial charge in [0.05, 0.1) is 12.6 Å². The van der Waals surface area contributed by atoms with Crippen LogP contribution in [0, 0.1) is 0 Å². The molecule has 0 amide bonds. The number of rotatable bonds is 2. The molecular formula is C13H21N3O. The van der Waals surface area contributed by atoms with Gasteiger partial charge in [0.1, 0.15) is 5.82 Å². The van der Waals surface area contributed by atoms with Crippen molar-refractivity contribution in [2.75, 3.05) is 20.2 Å². The van der Waals surface area contributed by atoms with E-state index in [4.69, 9.17) is 0 Å².